The monoisotopic (exact) mass is 430 g/mol. The van der Waals surface area contributed by atoms with Crippen LogP contribution < -0.4 is 10.2 Å². The van der Waals surface area contributed by atoms with Gasteiger partial charge in [-0.05, 0) is 62.6 Å². The summed E-state index contributed by atoms with van der Waals surface area (Å²) in [4.78, 5) is 51.4. The lowest BCUT2D eigenvalue weighted by molar-refractivity contribution is -0.125. The number of anilines is 1. The lowest BCUT2D eigenvalue weighted by Crippen LogP contribution is -2.42. The zero-order valence-electron chi connectivity index (χ0n) is 18.0. The molecular weight excluding hydrogens is 408 g/mol. The molecular formula is C25H22N2O5. The van der Waals surface area contributed by atoms with E-state index in [4.69, 9.17) is 4.74 Å². The van der Waals surface area contributed by atoms with Gasteiger partial charge in [0, 0.05) is 22.1 Å². The van der Waals surface area contributed by atoms with E-state index in [0.29, 0.717) is 22.2 Å². The standard InChI is InChI=1S/C25H22N2O5/c1-25(2,3)26-20(28)14-32-24(31)16-10-12-17(13-11-16)27-22(29)18-8-4-6-15-7-5-9-19(21(15)18)23(27)30/h4-13H,14H2,1-3H3,(H,26,28). The largest absolute Gasteiger partial charge is 0.452 e. The Morgan fingerprint density at radius 3 is 1.97 bits per heavy atom. The lowest BCUT2D eigenvalue weighted by atomic mass is 9.94. The van der Waals surface area contributed by atoms with Crippen LogP contribution in [0.15, 0.2) is 60.7 Å². The molecule has 3 aromatic rings. The van der Waals surface area contributed by atoms with Gasteiger partial charge >= 0.3 is 5.97 Å². The molecule has 0 aromatic heterocycles. The maximum absolute atomic E-state index is 13.1. The Labute approximate surface area is 185 Å². The molecule has 1 aliphatic rings. The van der Waals surface area contributed by atoms with Crippen molar-refractivity contribution in [1.29, 1.82) is 0 Å². The molecule has 0 spiro atoms. The van der Waals surface area contributed by atoms with Gasteiger partial charge in [0.05, 0.1) is 11.3 Å². The van der Waals surface area contributed by atoms with Crippen LogP contribution in [0.2, 0.25) is 0 Å². The third kappa shape index (κ3) is 3.97. The highest BCUT2D eigenvalue weighted by Crippen LogP contribution is 2.32. The molecule has 32 heavy (non-hydrogen) atoms. The molecule has 0 saturated carbocycles. The van der Waals surface area contributed by atoms with Gasteiger partial charge in [-0.15, -0.1) is 0 Å². The average molecular weight is 430 g/mol. The molecule has 4 rings (SSSR count). The van der Waals surface area contributed by atoms with E-state index in [1.54, 1.807) is 24.3 Å². The van der Waals surface area contributed by atoms with Crippen LogP contribution in [0.25, 0.3) is 10.8 Å². The van der Waals surface area contributed by atoms with Crippen LogP contribution in [-0.2, 0) is 9.53 Å². The van der Waals surface area contributed by atoms with Crippen molar-refractivity contribution in [2.45, 2.75) is 26.3 Å². The normalized spacial score (nSPS) is 13.3. The minimum Gasteiger partial charge on any atom is -0.452 e. The number of amides is 3. The molecule has 1 heterocycles. The van der Waals surface area contributed by atoms with Crippen molar-refractivity contribution in [2.24, 2.45) is 0 Å². The molecule has 3 aromatic carbocycles. The van der Waals surface area contributed by atoms with Crippen molar-refractivity contribution in [3.8, 4) is 0 Å². The van der Waals surface area contributed by atoms with Gasteiger partial charge in [0.2, 0.25) is 0 Å². The SMILES string of the molecule is CC(C)(C)NC(=O)COC(=O)c1ccc(N2C(=O)c3cccc4cccc(c34)C2=O)cc1. The van der Waals surface area contributed by atoms with Crippen LogP contribution >= 0.6 is 0 Å². The number of esters is 1. The summed E-state index contributed by atoms with van der Waals surface area (Å²) < 4.78 is 5.05. The number of benzene rings is 3. The second kappa shape index (κ2) is 7.92. The summed E-state index contributed by atoms with van der Waals surface area (Å²) in [7, 11) is 0. The van der Waals surface area contributed by atoms with E-state index in [2.05, 4.69) is 5.32 Å². The highest BCUT2D eigenvalue weighted by atomic mass is 16.5. The predicted octanol–water partition coefficient (Wildman–Crippen LogP) is 3.71. The van der Waals surface area contributed by atoms with Gasteiger partial charge in [-0.1, -0.05) is 24.3 Å². The summed E-state index contributed by atoms with van der Waals surface area (Å²) in [6.45, 7) is 5.08. The number of nitrogens with zero attached hydrogens (tertiary/aromatic N) is 1. The van der Waals surface area contributed by atoms with Gasteiger partial charge in [0.25, 0.3) is 17.7 Å². The number of hydrogen-bond acceptors (Lipinski definition) is 5. The number of rotatable bonds is 4. The summed E-state index contributed by atoms with van der Waals surface area (Å²) in [6.07, 6.45) is 0. The van der Waals surface area contributed by atoms with Gasteiger partial charge < -0.3 is 10.1 Å². The van der Waals surface area contributed by atoms with Gasteiger partial charge in [-0.2, -0.15) is 0 Å². The molecule has 1 N–H and O–H groups in total. The number of carbonyl (C=O) groups excluding carboxylic acids is 4. The maximum Gasteiger partial charge on any atom is 0.338 e. The van der Waals surface area contributed by atoms with E-state index in [1.807, 2.05) is 32.9 Å². The molecule has 0 bridgehead atoms. The Bertz CT molecular complexity index is 1200. The van der Waals surface area contributed by atoms with Gasteiger partial charge in [-0.3, -0.25) is 14.4 Å². The first-order valence-corrected chi connectivity index (χ1v) is 10.1. The van der Waals surface area contributed by atoms with Crippen molar-refractivity contribution in [3.05, 3.63) is 77.4 Å². The fraction of sp³-hybridized carbons (Fsp3) is 0.200. The zero-order valence-corrected chi connectivity index (χ0v) is 18.0. The van der Waals surface area contributed by atoms with E-state index in [-0.39, 0.29) is 5.56 Å². The second-order valence-electron chi connectivity index (χ2n) is 8.58. The third-order valence-corrected chi connectivity index (χ3v) is 4.98. The van der Waals surface area contributed by atoms with Crippen LogP contribution in [-0.4, -0.2) is 35.8 Å². The zero-order chi connectivity index (χ0) is 23.0. The Balaban J connectivity index is 1.53. The Hall–Kier alpha value is -4.00. The molecule has 1 aliphatic heterocycles. The first kappa shape index (κ1) is 21.2. The fourth-order valence-corrected chi connectivity index (χ4v) is 3.68. The molecule has 0 aliphatic carbocycles. The molecule has 3 amide bonds. The van der Waals surface area contributed by atoms with Crippen molar-refractivity contribution in [2.75, 3.05) is 11.5 Å². The van der Waals surface area contributed by atoms with E-state index in [0.717, 1.165) is 10.3 Å². The topological polar surface area (TPSA) is 92.8 Å². The Morgan fingerprint density at radius 2 is 1.44 bits per heavy atom. The summed E-state index contributed by atoms with van der Waals surface area (Å²) in [6, 6.07) is 16.6. The Morgan fingerprint density at radius 1 is 0.875 bits per heavy atom. The molecule has 7 nitrogen and oxygen atoms in total. The van der Waals surface area contributed by atoms with Crippen molar-refractivity contribution in [1.82, 2.24) is 5.32 Å². The number of imide groups is 1. The summed E-state index contributed by atoms with van der Waals surface area (Å²) in [5.41, 5.74) is 1.02. The minimum atomic E-state index is -0.674. The molecule has 0 saturated heterocycles. The number of ether oxygens (including phenoxy) is 1. The maximum atomic E-state index is 13.1. The summed E-state index contributed by atoms with van der Waals surface area (Å²) >= 11 is 0. The summed E-state index contributed by atoms with van der Waals surface area (Å²) in [5, 5.41) is 4.18. The average Bonchev–Trinajstić information content (AvgIpc) is 2.75. The van der Waals surface area contributed by atoms with Gasteiger partial charge in [-0.25, -0.2) is 9.69 Å². The first-order chi connectivity index (χ1) is 15.2. The molecule has 0 radical (unpaired) electrons. The van der Waals surface area contributed by atoms with Crippen LogP contribution in [0.4, 0.5) is 5.69 Å². The molecule has 0 unspecified atom stereocenters. The van der Waals surface area contributed by atoms with Gasteiger partial charge in [0.15, 0.2) is 6.61 Å². The van der Waals surface area contributed by atoms with Crippen LogP contribution in [0, 0.1) is 0 Å². The van der Waals surface area contributed by atoms with E-state index >= 15 is 0 Å². The Kier molecular flexibility index (Phi) is 5.26. The quantitative estimate of drug-likeness (QED) is 0.503. The highest BCUT2D eigenvalue weighted by molar-refractivity contribution is 6.35. The van der Waals surface area contributed by atoms with E-state index < -0.39 is 35.8 Å². The molecule has 0 fully saturated rings. The van der Waals surface area contributed by atoms with E-state index in [9.17, 15) is 19.2 Å². The number of carbonyl (C=O) groups is 4. The lowest BCUT2D eigenvalue weighted by Gasteiger charge is -2.27. The fourth-order valence-electron chi connectivity index (χ4n) is 3.68. The second-order valence-corrected chi connectivity index (χ2v) is 8.58. The van der Waals surface area contributed by atoms with Crippen molar-refractivity contribution < 1.29 is 23.9 Å². The van der Waals surface area contributed by atoms with Crippen molar-refractivity contribution in [3.63, 3.8) is 0 Å². The smallest absolute Gasteiger partial charge is 0.338 e. The minimum absolute atomic E-state index is 0.205. The predicted molar refractivity (Wildman–Crippen MR) is 120 cm³/mol. The first-order valence-electron chi connectivity index (χ1n) is 10.1. The summed E-state index contributed by atoms with van der Waals surface area (Å²) in [5.74, 6) is -1.92. The molecule has 0 atom stereocenters. The van der Waals surface area contributed by atoms with Gasteiger partial charge in [0.1, 0.15) is 0 Å². The van der Waals surface area contributed by atoms with Crippen molar-refractivity contribution >= 4 is 40.2 Å². The number of nitrogens with one attached hydrogen (secondary N) is 1. The van der Waals surface area contributed by atoms with Crippen LogP contribution in [0.3, 0.4) is 0 Å². The van der Waals surface area contributed by atoms with E-state index in [1.165, 1.54) is 24.3 Å². The molecule has 162 valence electrons. The van der Waals surface area contributed by atoms with Crippen LogP contribution in [0.5, 0.6) is 0 Å². The van der Waals surface area contributed by atoms with Crippen LogP contribution in [0.1, 0.15) is 51.8 Å². The molecule has 7 heteroatoms. The third-order valence-electron chi connectivity index (χ3n) is 4.98. The highest BCUT2D eigenvalue weighted by Gasteiger charge is 2.33. The number of hydrogen-bond donors (Lipinski definition) is 1.